The van der Waals surface area contributed by atoms with E-state index in [1.807, 2.05) is 60.7 Å². The van der Waals surface area contributed by atoms with Gasteiger partial charge in [-0.1, -0.05) is 42.5 Å². The van der Waals surface area contributed by atoms with Crippen LogP contribution < -0.4 is 9.47 Å². The molecule has 1 saturated heterocycles. The number of alkyl halides is 1. The number of hydrogen-bond donors (Lipinski definition) is 0. The van der Waals surface area contributed by atoms with Gasteiger partial charge in [0.1, 0.15) is 23.9 Å². The van der Waals surface area contributed by atoms with Crippen molar-refractivity contribution >= 4 is 20.6 Å². The maximum atomic E-state index is 12.8. The highest BCUT2D eigenvalue weighted by molar-refractivity contribution is 7.90. The van der Waals surface area contributed by atoms with Crippen LogP contribution in [0.4, 0.5) is 4.39 Å². The van der Waals surface area contributed by atoms with Gasteiger partial charge in [-0.2, -0.15) is 0 Å². The first kappa shape index (κ1) is 25.2. The third kappa shape index (κ3) is 5.95. The van der Waals surface area contributed by atoms with Crippen molar-refractivity contribution in [2.45, 2.75) is 11.3 Å². The molecule has 5 rings (SSSR count). The SMILES string of the molecule is CS(=O)(=O)c1ccc(-c2ccc3ccccc3c2Oc2ccc(OCCN3CC[C@@H](CF)C3)cc2)cc1. The Bertz CT molecular complexity index is 1470. The number of fused-ring (bicyclic) bond motifs is 1. The average molecular weight is 520 g/mol. The van der Waals surface area contributed by atoms with E-state index >= 15 is 0 Å². The van der Waals surface area contributed by atoms with Crippen LogP contribution in [0.3, 0.4) is 0 Å². The van der Waals surface area contributed by atoms with E-state index in [1.54, 1.807) is 24.3 Å². The van der Waals surface area contributed by atoms with Gasteiger partial charge < -0.3 is 9.47 Å². The highest BCUT2D eigenvalue weighted by atomic mass is 32.2. The molecule has 0 unspecified atom stereocenters. The highest BCUT2D eigenvalue weighted by Gasteiger charge is 2.21. The second kappa shape index (κ2) is 10.9. The van der Waals surface area contributed by atoms with Gasteiger partial charge >= 0.3 is 0 Å². The van der Waals surface area contributed by atoms with E-state index in [1.165, 1.54) is 6.26 Å². The molecular formula is C30H30FNO4S. The van der Waals surface area contributed by atoms with Gasteiger partial charge in [0.15, 0.2) is 9.84 Å². The molecule has 1 atom stereocenters. The summed E-state index contributed by atoms with van der Waals surface area (Å²) in [6.45, 7) is 2.82. The van der Waals surface area contributed by atoms with Crippen molar-refractivity contribution in [3.05, 3.63) is 84.9 Å². The van der Waals surface area contributed by atoms with Crippen molar-refractivity contribution in [2.24, 2.45) is 5.92 Å². The largest absolute Gasteiger partial charge is 0.492 e. The van der Waals surface area contributed by atoms with Crippen LogP contribution in [0.15, 0.2) is 89.8 Å². The lowest BCUT2D eigenvalue weighted by Gasteiger charge is -2.17. The van der Waals surface area contributed by atoms with Crippen LogP contribution >= 0.6 is 0 Å². The minimum absolute atomic E-state index is 0.160. The molecule has 5 nitrogen and oxygen atoms in total. The van der Waals surface area contributed by atoms with Crippen molar-refractivity contribution in [1.82, 2.24) is 4.90 Å². The number of benzene rings is 4. The predicted molar refractivity (Wildman–Crippen MR) is 145 cm³/mol. The fourth-order valence-electron chi connectivity index (χ4n) is 4.72. The zero-order chi connectivity index (χ0) is 25.8. The molecule has 192 valence electrons. The van der Waals surface area contributed by atoms with Gasteiger partial charge in [-0.25, -0.2) is 8.42 Å². The lowest BCUT2D eigenvalue weighted by Crippen LogP contribution is -2.26. The van der Waals surface area contributed by atoms with Crippen LogP contribution in [0.2, 0.25) is 0 Å². The molecule has 0 aromatic heterocycles. The van der Waals surface area contributed by atoms with Crippen LogP contribution in [0, 0.1) is 5.92 Å². The number of rotatable bonds is 9. The summed E-state index contributed by atoms with van der Waals surface area (Å²) in [4.78, 5) is 2.52. The number of halogens is 1. The molecule has 0 saturated carbocycles. The van der Waals surface area contributed by atoms with E-state index < -0.39 is 9.84 Å². The third-order valence-electron chi connectivity index (χ3n) is 6.78. The van der Waals surface area contributed by atoms with Crippen LogP contribution in [-0.2, 0) is 9.84 Å². The maximum absolute atomic E-state index is 12.8. The van der Waals surface area contributed by atoms with Crippen LogP contribution in [0.5, 0.6) is 17.2 Å². The molecule has 0 radical (unpaired) electrons. The summed E-state index contributed by atoms with van der Waals surface area (Å²) in [5, 5.41) is 2.01. The Morgan fingerprint density at radius 2 is 1.65 bits per heavy atom. The average Bonchev–Trinajstić information content (AvgIpc) is 3.37. The van der Waals surface area contributed by atoms with Crippen LogP contribution in [-0.4, -0.2) is 52.5 Å². The Morgan fingerprint density at radius 1 is 0.919 bits per heavy atom. The molecule has 0 N–H and O–H groups in total. The van der Waals surface area contributed by atoms with Gasteiger partial charge in [0, 0.05) is 36.2 Å². The summed E-state index contributed by atoms with van der Waals surface area (Å²) in [6, 6.07) is 26.4. The van der Waals surface area contributed by atoms with Gasteiger partial charge in [-0.05, 0) is 66.4 Å². The van der Waals surface area contributed by atoms with Crippen molar-refractivity contribution in [3.8, 4) is 28.4 Å². The van der Waals surface area contributed by atoms with Crippen molar-refractivity contribution in [2.75, 3.05) is 39.2 Å². The number of sulfone groups is 1. The third-order valence-corrected chi connectivity index (χ3v) is 7.91. The zero-order valence-corrected chi connectivity index (χ0v) is 21.6. The highest BCUT2D eigenvalue weighted by Crippen LogP contribution is 2.40. The van der Waals surface area contributed by atoms with Crippen LogP contribution in [0.1, 0.15) is 6.42 Å². The number of nitrogens with zero attached hydrogens (tertiary/aromatic N) is 1. The quantitative estimate of drug-likeness (QED) is 0.257. The summed E-state index contributed by atoms with van der Waals surface area (Å²) in [5.74, 6) is 2.29. The molecule has 0 bridgehead atoms. The van der Waals surface area contributed by atoms with E-state index in [9.17, 15) is 12.8 Å². The molecule has 1 aliphatic rings. The fourth-order valence-corrected chi connectivity index (χ4v) is 5.35. The Balaban J connectivity index is 1.34. The molecule has 1 heterocycles. The predicted octanol–water partition coefficient (Wildman–Crippen LogP) is 6.37. The van der Waals surface area contributed by atoms with E-state index in [2.05, 4.69) is 4.90 Å². The molecule has 1 fully saturated rings. The normalized spacial score (nSPS) is 16.2. The molecule has 7 heteroatoms. The second-order valence-corrected chi connectivity index (χ2v) is 11.5. The van der Waals surface area contributed by atoms with Gasteiger partial charge in [0.2, 0.25) is 0 Å². The van der Waals surface area contributed by atoms with Crippen molar-refractivity contribution in [1.29, 1.82) is 0 Å². The Labute approximate surface area is 217 Å². The summed E-state index contributed by atoms with van der Waals surface area (Å²) in [7, 11) is -3.28. The fraction of sp³-hybridized carbons (Fsp3) is 0.267. The lowest BCUT2D eigenvalue weighted by atomic mass is 9.99. The first-order valence-corrected chi connectivity index (χ1v) is 14.3. The van der Waals surface area contributed by atoms with Gasteiger partial charge in [0.05, 0.1) is 11.6 Å². The van der Waals surface area contributed by atoms with E-state index in [0.717, 1.165) is 53.7 Å². The van der Waals surface area contributed by atoms with Gasteiger partial charge in [-0.3, -0.25) is 9.29 Å². The molecule has 1 aliphatic heterocycles. The van der Waals surface area contributed by atoms with E-state index in [4.69, 9.17) is 9.47 Å². The Kier molecular flexibility index (Phi) is 7.44. The minimum atomic E-state index is -3.28. The summed E-state index contributed by atoms with van der Waals surface area (Å²) in [5.41, 5.74) is 1.74. The molecule has 4 aromatic carbocycles. The number of hydrogen-bond acceptors (Lipinski definition) is 5. The molecular weight excluding hydrogens is 489 g/mol. The standard InChI is InChI=1S/C30H30FNO4S/c1-37(33,34)27-13-6-24(7-14-27)29-15-8-23-4-2-3-5-28(23)30(29)36-26-11-9-25(10-12-26)35-19-18-32-17-16-22(20-31)21-32/h2-15,22H,16-21H2,1H3/t22-/m0/s1. The smallest absolute Gasteiger partial charge is 0.175 e. The molecule has 4 aromatic rings. The van der Waals surface area contributed by atoms with Gasteiger partial charge in [0.25, 0.3) is 0 Å². The molecule has 0 amide bonds. The molecule has 0 aliphatic carbocycles. The van der Waals surface area contributed by atoms with E-state index in [-0.39, 0.29) is 17.5 Å². The Morgan fingerprint density at radius 3 is 2.35 bits per heavy atom. The summed E-state index contributed by atoms with van der Waals surface area (Å²) < 4.78 is 49.0. The monoisotopic (exact) mass is 519 g/mol. The summed E-state index contributed by atoms with van der Waals surface area (Å²) >= 11 is 0. The lowest BCUT2D eigenvalue weighted by molar-refractivity contribution is 0.228. The first-order chi connectivity index (χ1) is 17.9. The second-order valence-electron chi connectivity index (χ2n) is 9.49. The van der Waals surface area contributed by atoms with E-state index in [0.29, 0.717) is 18.1 Å². The first-order valence-electron chi connectivity index (χ1n) is 12.4. The number of likely N-dealkylation sites (tertiary alicyclic amines) is 1. The van der Waals surface area contributed by atoms with Crippen molar-refractivity contribution < 1.29 is 22.3 Å². The summed E-state index contributed by atoms with van der Waals surface area (Å²) in [6.07, 6.45) is 2.12. The minimum Gasteiger partial charge on any atom is -0.492 e. The zero-order valence-electron chi connectivity index (χ0n) is 20.8. The number of ether oxygens (including phenoxy) is 2. The molecule has 37 heavy (non-hydrogen) atoms. The van der Waals surface area contributed by atoms with Gasteiger partial charge in [-0.15, -0.1) is 0 Å². The molecule has 0 spiro atoms. The maximum Gasteiger partial charge on any atom is 0.175 e. The van der Waals surface area contributed by atoms with Crippen molar-refractivity contribution in [3.63, 3.8) is 0 Å². The van der Waals surface area contributed by atoms with Crippen LogP contribution in [0.25, 0.3) is 21.9 Å². The topological polar surface area (TPSA) is 55.8 Å². The Hall–Kier alpha value is -3.42.